The van der Waals surface area contributed by atoms with E-state index in [-0.39, 0.29) is 0 Å². The number of halogens is 1. The first-order valence-electron chi connectivity index (χ1n) is 5.58. The molecule has 0 aliphatic heterocycles. The van der Waals surface area contributed by atoms with Gasteiger partial charge in [0.15, 0.2) is 0 Å². The molecule has 0 N–H and O–H groups in total. The average Bonchev–Trinajstić information content (AvgIpc) is 2.77. The number of pyridine rings is 1. The molecule has 96 valence electrons. The van der Waals surface area contributed by atoms with Crippen LogP contribution in [0.1, 0.15) is 18.4 Å². The second kappa shape index (κ2) is 5.84. The minimum atomic E-state index is 0.470. The van der Waals surface area contributed by atoms with Crippen LogP contribution in [-0.4, -0.2) is 26.6 Å². The van der Waals surface area contributed by atoms with Crippen LogP contribution in [0.2, 0.25) is 0 Å². The molecule has 2 aromatic heterocycles. The van der Waals surface area contributed by atoms with Crippen LogP contribution in [0.25, 0.3) is 11.5 Å². The molecule has 2 aromatic rings. The first kappa shape index (κ1) is 13.5. The lowest BCUT2D eigenvalue weighted by Gasteiger charge is -2.02. The summed E-state index contributed by atoms with van der Waals surface area (Å²) in [6.07, 6.45) is 4.59. The number of aryl methyl sites for hydroxylation is 1. The van der Waals surface area contributed by atoms with Crippen LogP contribution >= 0.6 is 27.7 Å². The van der Waals surface area contributed by atoms with Crippen LogP contribution in [0.15, 0.2) is 21.3 Å². The highest BCUT2D eigenvalue weighted by Crippen LogP contribution is 2.21. The summed E-state index contributed by atoms with van der Waals surface area (Å²) in [5.74, 6) is 1.22. The van der Waals surface area contributed by atoms with E-state index in [9.17, 15) is 0 Å². The number of nitrogens with zero attached hydrogens (tertiary/aromatic N) is 3. The summed E-state index contributed by atoms with van der Waals surface area (Å²) >= 11 is 5.17. The Hall–Kier alpha value is -0.880. The number of aromatic nitrogens is 3. The van der Waals surface area contributed by atoms with E-state index < -0.39 is 0 Å². The lowest BCUT2D eigenvalue weighted by Crippen LogP contribution is -2.00. The first-order chi connectivity index (χ1) is 8.60. The smallest absolute Gasteiger partial charge is 0.228 e. The molecule has 2 heterocycles. The number of rotatable bonds is 4. The van der Waals surface area contributed by atoms with Crippen LogP contribution in [0.4, 0.5) is 0 Å². The zero-order valence-electron chi connectivity index (χ0n) is 10.5. The fraction of sp³-hybridized carbons (Fsp3) is 0.417. The largest absolute Gasteiger partial charge is 0.339 e. The molecule has 0 aromatic carbocycles. The van der Waals surface area contributed by atoms with Gasteiger partial charge >= 0.3 is 0 Å². The molecule has 0 aliphatic rings. The van der Waals surface area contributed by atoms with Crippen molar-refractivity contribution in [1.82, 2.24) is 15.1 Å². The quantitative estimate of drug-likeness (QED) is 0.860. The molecule has 0 fully saturated rings. The Labute approximate surface area is 119 Å². The van der Waals surface area contributed by atoms with Gasteiger partial charge in [-0.3, -0.25) is 4.98 Å². The Morgan fingerprint density at radius 1 is 1.50 bits per heavy atom. The topological polar surface area (TPSA) is 51.8 Å². The molecule has 1 atom stereocenters. The van der Waals surface area contributed by atoms with Crippen molar-refractivity contribution < 1.29 is 4.52 Å². The SMILES string of the molecule is CSC(C)Cc1nc(-c2ncc(Br)cc2C)no1. The maximum atomic E-state index is 5.25. The molecule has 2 rings (SSSR count). The van der Waals surface area contributed by atoms with Crippen molar-refractivity contribution in [3.63, 3.8) is 0 Å². The third-order valence-electron chi connectivity index (χ3n) is 2.59. The van der Waals surface area contributed by atoms with Crippen molar-refractivity contribution in [2.75, 3.05) is 6.26 Å². The molecular weight excluding hydrogens is 314 g/mol. The fourth-order valence-electron chi connectivity index (χ4n) is 1.54. The molecule has 4 nitrogen and oxygen atoms in total. The van der Waals surface area contributed by atoms with Crippen molar-refractivity contribution in [3.8, 4) is 11.5 Å². The van der Waals surface area contributed by atoms with Crippen molar-refractivity contribution in [2.24, 2.45) is 0 Å². The standard InChI is InChI=1S/C12H14BrN3OS/c1-7-4-9(13)6-14-11(7)12-15-10(17-16-12)5-8(2)18-3/h4,6,8H,5H2,1-3H3. The predicted octanol–water partition coefficient (Wildman–Crippen LogP) is 3.50. The normalized spacial score (nSPS) is 12.7. The molecule has 1 unspecified atom stereocenters. The number of thioether (sulfide) groups is 1. The molecule has 0 amide bonds. The van der Waals surface area contributed by atoms with Crippen LogP contribution in [0.3, 0.4) is 0 Å². The number of hydrogen-bond acceptors (Lipinski definition) is 5. The van der Waals surface area contributed by atoms with E-state index in [0.29, 0.717) is 17.0 Å². The van der Waals surface area contributed by atoms with Crippen molar-refractivity contribution in [3.05, 3.63) is 28.2 Å². The van der Waals surface area contributed by atoms with E-state index in [0.717, 1.165) is 22.2 Å². The van der Waals surface area contributed by atoms with Gasteiger partial charge in [0, 0.05) is 22.3 Å². The Kier molecular flexibility index (Phi) is 4.40. The lowest BCUT2D eigenvalue weighted by atomic mass is 10.2. The van der Waals surface area contributed by atoms with Crippen LogP contribution in [0.5, 0.6) is 0 Å². The predicted molar refractivity (Wildman–Crippen MR) is 76.6 cm³/mol. The Balaban J connectivity index is 2.24. The minimum Gasteiger partial charge on any atom is -0.339 e. The molecule has 18 heavy (non-hydrogen) atoms. The third-order valence-corrected chi connectivity index (χ3v) is 3.99. The molecule has 0 spiro atoms. The number of hydrogen-bond donors (Lipinski definition) is 0. The highest BCUT2D eigenvalue weighted by atomic mass is 79.9. The van der Waals surface area contributed by atoms with E-state index in [1.54, 1.807) is 18.0 Å². The van der Waals surface area contributed by atoms with Gasteiger partial charge in [0.25, 0.3) is 0 Å². The molecule has 6 heteroatoms. The van der Waals surface area contributed by atoms with E-state index >= 15 is 0 Å². The Morgan fingerprint density at radius 2 is 2.28 bits per heavy atom. The van der Waals surface area contributed by atoms with E-state index in [1.807, 2.05) is 13.0 Å². The summed E-state index contributed by atoms with van der Waals surface area (Å²) in [4.78, 5) is 8.71. The molecule has 0 radical (unpaired) electrons. The van der Waals surface area contributed by atoms with Gasteiger partial charge in [-0.2, -0.15) is 16.7 Å². The zero-order valence-corrected chi connectivity index (χ0v) is 12.9. The van der Waals surface area contributed by atoms with Crippen molar-refractivity contribution >= 4 is 27.7 Å². The minimum absolute atomic E-state index is 0.470. The lowest BCUT2D eigenvalue weighted by molar-refractivity contribution is 0.379. The van der Waals surface area contributed by atoms with Gasteiger partial charge in [-0.25, -0.2) is 0 Å². The Bertz CT molecular complexity index is 544. The van der Waals surface area contributed by atoms with E-state index in [4.69, 9.17) is 4.52 Å². The van der Waals surface area contributed by atoms with Crippen LogP contribution in [0, 0.1) is 6.92 Å². The monoisotopic (exact) mass is 327 g/mol. The van der Waals surface area contributed by atoms with Crippen LogP contribution < -0.4 is 0 Å². The Morgan fingerprint density at radius 3 is 2.94 bits per heavy atom. The molecule has 0 aliphatic carbocycles. The zero-order chi connectivity index (χ0) is 13.1. The van der Waals surface area contributed by atoms with Gasteiger partial charge in [0.1, 0.15) is 5.69 Å². The highest BCUT2D eigenvalue weighted by molar-refractivity contribution is 9.10. The van der Waals surface area contributed by atoms with Crippen molar-refractivity contribution in [1.29, 1.82) is 0 Å². The third kappa shape index (κ3) is 3.11. The molecule has 0 saturated carbocycles. The highest BCUT2D eigenvalue weighted by Gasteiger charge is 2.14. The molecular formula is C12H14BrN3OS. The van der Waals surface area contributed by atoms with Gasteiger partial charge in [0.05, 0.1) is 0 Å². The van der Waals surface area contributed by atoms with E-state index in [1.165, 1.54) is 0 Å². The fourth-order valence-corrected chi connectivity index (χ4v) is 2.29. The summed E-state index contributed by atoms with van der Waals surface area (Å²) < 4.78 is 6.20. The van der Waals surface area contributed by atoms with E-state index in [2.05, 4.69) is 44.2 Å². The van der Waals surface area contributed by atoms with Gasteiger partial charge in [-0.1, -0.05) is 12.1 Å². The van der Waals surface area contributed by atoms with Gasteiger partial charge in [-0.15, -0.1) is 0 Å². The summed E-state index contributed by atoms with van der Waals surface area (Å²) in [5, 5.41) is 4.46. The summed E-state index contributed by atoms with van der Waals surface area (Å²) in [5.41, 5.74) is 1.79. The molecule has 0 saturated heterocycles. The second-order valence-electron chi connectivity index (χ2n) is 4.08. The summed E-state index contributed by atoms with van der Waals surface area (Å²) in [7, 11) is 0. The summed E-state index contributed by atoms with van der Waals surface area (Å²) in [6, 6.07) is 1.99. The van der Waals surface area contributed by atoms with Crippen molar-refractivity contribution in [2.45, 2.75) is 25.5 Å². The maximum absolute atomic E-state index is 5.25. The van der Waals surface area contributed by atoms with Gasteiger partial charge in [-0.05, 0) is 40.7 Å². The van der Waals surface area contributed by atoms with Crippen LogP contribution in [-0.2, 0) is 6.42 Å². The molecule has 0 bridgehead atoms. The second-order valence-corrected chi connectivity index (χ2v) is 6.27. The average molecular weight is 328 g/mol. The summed E-state index contributed by atoms with van der Waals surface area (Å²) in [6.45, 7) is 4.12. The van der Waals surface area contributed by atoms with Gasteiger partial charge in [0.2, 0.25) is 11.7 Å². The first-order valence-corrected chi connectivity index (χ1v) is 7.66. The van der Waals surface area contributed by atoms with Gasteiger partial charge < -0.3 is 4.52 Å². The maximum Gasteiger partial charge on any atom is 0.228 e.